The summed E-state index contributed by atoms with van der Waals surface area (Å²) in [5.41, 5.74) is 1.80. The molecule has 1 aliphatic rings. The Morgan fingerprint density at radius 1 is 1.21 bits per heavy atom. The van der Waals surface area contributed by atoms with Crippen LogP contribution < -0.4 is 0 Å². The molecule has 5 nitrogen and oxygen atoms in total. The van der Waals surface area contributed by atoms with Gasteiger partial charge in [0.25, 0.3) is 0 Å². The van der Waals surface area contributed by atoms with E-state index in [0.29, 0.717) is 19.5 Å². The Morgan fingerprint density at radius 2 is 1.86 bits per heavy atom. The minimum atomic E-state index is -0.156. The highest BCUT2D eigenvalue weighted by atomic mass is 16.3. The van der Waals surface area contributed by atoms with Crippen LogP contribution in [0.25, 0.3) is 0 Å². The summed E-state index contributed by atoms with van der Waals surface area (Å²) in [4.78, 5) is 10.3. The van der Waals surface area contributed by atoms with Crippen molar-refractivity contribution in [3.8, 4) is 11.5 Å². The number of rotatable bonds is 1. The average Bonchev–Trinajstić information content (AvgIpc) is 2.19. The third-order valence-electron chi connectivity index (χ3n) is 2.40. The van der Waals surface area contributed by atoms with Crippen molar-refractivity contribution in [1.29, 1.82) is 0 Å². The molecule has 1 aliphatic heterocycles. The number of hydrogen-bond acceptors (Lipinski definition) is 4. The molecule has 0 saturated heterocycles. The van der Waals surface area contributed by atoms with E-state index in [1.54, 1.807) is 0 Å². The summed E-state index contributed by atoms with van der Waals surface area (Å²) in [6.45, 7) is 0.952. The zero-order valence-corrected chi connectivity index (χ0v) is 7.47. The lowest BCUT2D eigenvalue weighted by molar-refractivity contribution is 0.262. The highest BCUT2D eigenvalue weighted by Crippen LogP contribution is 2.31. The van der Waals surface area contributed by atoms with Crippen molar-refractivity contribution in [3.63, 3.8) is 0 Å². The molecule has 0 bridgehead atoms. The molecule has 1 aromatic carbocycles. The van der Waals surface area contributed by atoms with Gasteiger partial charge in [0, 0.05) is 6.54 Å². The van der Waals surface area contributed by atoms with Crippen LogP contribution in [0.3, 0.4) is 0 Å². The molecule has 0 saturated carbocycles. The molecule has 14 heavy (non-hydrogen) atoms. The van der Waals surface area contributed by atoms with Crippen LogP contribution in [0.15, 0.2) is 17.4 Å². The maximum atomic E-state index is 10.3. The summed E-state index contributed by atoms with van der Waals surface area (Å²) in [5.74, 6) is -0.271. The lowest BCUT2D eigenvalue weighted by Gasteiger charge is -2.23. The summed E-state index contributed by atoms with van der Waals surface area (Å²) in [7, 11) is 0. The number of aromatic hydroxyl groups is 2. The summed E-state index contributed by atoms with van der Waals surface area (Å²) < 4.78 is 0. The fourth-order valence-electron chi connectivity index (χ4n) is 1.64. The number of benzene rings is 1. The number of nitroso groups, excluding NO2 is 1. The van der Waals surface area contributed by atoms with Crippen LogP contribution in [0.2, 0.25) is 0 Å². The van der Waals surface area contributed by atoms with Gasteiger partial charge in [-0.15, -0.1) is 4.91 Å². The summed E-state index contributed by atoms with van der Waals surface area (Å²) in [5, 5.41) is 22.7. The number of phenols is 2. The first-order valence-electron chi connectivity index (χ1n) is 4.32. The van der Waals surface area contributed by atoms with E-state index in [4.69, 9.17) is 0 Å². The molecule has 1 aromatic rings. The van der Waals surface area contributed by atoms with Crippen molar-refractivity contribution in [2.24, 2.45) is 5.29 Å². The lowest BCUT2D eigenvalue weighted by atomic mass is 10.00. The Bertz CT molecular complexity index is 379. The second-order valence-electron chi connectivity index (χ2n) is 3.33. The van der Waals surface area contributed by atoms with Crippen LogP contribution in [0.1, 0.15) is 11.1 Å². The molecule has 0 aliphatic carbocycles. The molecule has 2 rings (SSSR count). The van der Waals surface area contributed by atoms with E-state index in [1.165, 1.54) is 17.1 Å². The zero-order valence-electron chi connectivity index (χ0n) is 7.47. The van der Waals surface area contributed by atoms with Crippen molar-refractivity contribution in [3.05, 3.63) is 28.2 Å². The molecular weight excluding hydrogens is 184 g/mol. The van der Waals surface area contributed by atoms with Gasteiger partial charge in [0.15, 0.2) is 11.5 Å². The Labute approximate surface area is 80.5 Å². The molecule has 1 heterocycles. The monoisotopic (exact) mass is 194 g/mol. The van der Waals surface area contributed by atoms with Gasteiger partial charge in [-0.25, -0.2) is 0 Å². The van der Waals surface area contributed by atoms with Gasteiger partial charge in [-0.3, -0.25) is 5.01 Å². The van der Waals surface area contributed by atoms with Gasteiger partial charge >= 0.3 is 0 Å². The molecule has 0 amide bonds. The number of nitrogens with zero attached hydrogens (tertiary/aromatic N) is 2. The Morgan fingerprint density at radius 3 is 2.50 bits per heavy atom. The number of hydrogen-bond donors (Lipinski definition) is 2. The van der Waals surface area contributed by atoms with Crippen LogP contribution in [0, 0.1) is 4.91 Å². The zero-order chi connectivity index (χ0) is 10.1. The van der Waals surface area contributed by atoms with E-state index in [9.17, 15) is 15.1 Å². The molecule has 0 fully saturated rings. The Hall–Kier alpha value is -1.78. The van der Waals surface area contributed by atoms with Gasteiger partial charge in [-0.05, 0) is 29.7 Å². The van der Waals surface area contributed by atoms with E-state index in [0.717, 1.165) is 11.1 Å². The fourth-order valence-corrected chi connectivity index (χ4v) is 1.64. The van der Waals surface area contributed by atoms with Crippen LogP contribution >= 0.6 is 0 Å². The minimum Gasteiger partial charge on any atom is -0.504 e. The largest absolute Gasteiger partial charge is 0.504 e. The first-order valence-corrected chi connectivity index (χ1v) is 4.32. The molecule has 0 spiro atoms. The third kappa shape index (κ3) is 1.37. The second kappa shape index (κ2) is 3.17. The quantitative estimate of drug-likeness (QED) is 0.519. The summed E-state index contributed by atoms with van der Waals surface area (Å²) >= 11 is 0. The van der Waals surface area contributed by atoms with Crippen molar-refractivity contribution >= 4 is 0 Å². The smallest absolute Gasteiger partial charge is 0.157 e. The normalized spacial score (nSPS) is 15.0. The van der Waals surface area contributed by atoms with Crippen molar-refractivity contribution in [1.82, 2.24) is 5.01 Å². The van der Waals surface area contributed by atoms with Gasteiger partial charge in [0.05, 0.1) is 11.8 Å². The first-order chi connectivity index (χ1) is 6.70. The SMILES string of the molecule is O=NN1CCc2cc(O)c(O)cc2C1. The number of fused-ring (bicyclic) bond motifs is 1. The van der Waals surface area contributed by atoms with Crippen LogP contribution in [-0.2, 0) is 13.0 Å². The van der Waals surface area contributed by atoms with Crippen LogP contribution in [-0.4, -0.2) is 21.8 Å². The van der Waals surface area contributed by atoms with Gasteiger partial charge in [-0.2, -0.15) is 0 Å². The Kier molecular flexibility index (Phi) is 1.99. The highest BCUT2D eigenvalue weighted by molar-refractivity contribution is 5.46. The summed E-state index contributed by atoms with van der Waals surface area (Å²) in [6, 6.07) is 3.01. The molecular formula is C9H10N2O3. The molecule has 0 unspecified atom stereocenters. The maximum absolute atomic E-state index is 10.3. The average molecular weight is 194 g/mol. The van der Waals surface area contributed by atoms with Gasteiger partial charge in [0.1, 0.15) is 0 Å². The van der Waals surface area contributed by atoms with E-state index < -0.39 is 0 Å². The van der Waals surface area contributed by atoms with E-state index >= 15 is 0 Å². The molecule has 2 N–H and O–H groups in total. The Balaban J connectivity index is 2.38. The van der Waals surface area contributed by atoms with E-state index in [1.807, 2.05) is 0 Å². The minimum absolute atomic E-state index is 0.115. The first kappa shape index (κ1) is 8.80. The third-order valence-corrected chi connectivity index (χ3v) is 2.40. The van der Waals surface area contributed by atoms with Crippen molar-refractivity contribution < 1.29 is 10.2 Å². The molecule has 0 atom stereocenters. The topological polar surface area (TPSA) is 73.1 Å². The predicted molar refractivity (Wildman–Crippen MR) is 49.7 cm³/mol. The van der Waals surface area contributed by atoms with Gasteiger partial charge in [0.2, 0.25) is 0 Å². The van der Waals surface area contributed by atoms with Crippen LogP contribution in [0.5, 0.6) is 11.5 Å². The van der Waals surface area contributed by atoms with Crippen molar-refractivity contribution in [2.45, 2.75) is 13.0 Å². The maximum Gasteiger partial charge on any atom is 0.157 e. The molecule has 5 heteroatoms. The van der Waals surface area contributed by atoms with Crippen LogP contribution in [0.4, 0.5) is 0 Å². The fraction of sp³-hybridized carbons (Fsp3) is 0.333. The van der Waals surface area contributed by atoms with E-state index in [2.05, 4.69) is 5.29 Å². The standard InChI is InChI=1S/C9H10N2O3/c12-8-3-6-1-2-11(10-14)5-7(6)4-9(8)13/h3-4,12-13H,1-2,5H2. The summed E-state index contributed by atoms with van der Waals surface area (Å²) in [6.07, 6.45) is 0.662. The van der Waals surface area contributed by atoms with E-state index in [-0.39, 0.29) is 11.5 Å². The lowest BCUT2D eigenvalue weighted by Crippen LogP contribution is -2.25. The highest BCUT2D eigenvalue weighted by Gasteiger charge is 2.17. The molecule has 0 aromatic heterocycles. The van der Waals surface area contributed by atoms with Gasteiger partial charge in [-0.1, -0.05) is 0 Å². The second-order valence-corrected chi connectivity index (χ2v) is 3.33. The predicted octanol–water partition coefficient (Wildman–Crippen LogP) is 1.14. The number of phenolic OH excluding ortho intramolecular Hbond substituents is 2. The van der Waals surface area contributed by atoms with Crippen molar-refractivity contribution in [2.75, 3.05) is 6.54 Å². The van der Waals surface area contributed by atoms with Gasteiger partial charge < -0.3 is 10.2 Å². The molecule has 74 valence electrons. The molecule has 0 radical (unpaired) electrons.